The van der Waals surface area contributed by atoms with Crippen LogP contribution < -0.4 is 4.72 Å². The molecule has 138 valence electrons. The van der Waals surface area contributed by atoms with Crippen molar-refractivity contribution < 1.29 is 8.42 Å². The van der Waals surface area contributed by atoms with E-state index >= 15 is 0 Å². The van der Waals surface area contributed by atoms with E-state index in [-0.39, 0.29) is 10.9 Å². The second-order valence-electron chi connectivity index (χ2n) is 6.49. The Balaban J connectivity index is 1.77. The number of sulfonamides is 1. The lowest BCUT2D eigenvalue weighted by Crippen LogP contribution is -2.48. The lowest BCUT2D eigenvalue weighted by molar-refractivity contribution is 0.114. The minimum Gasteiger partial charge on any atom is -0.304 e. The zero-order chi connectivity index (χ0) is 18.0. The van der Waals surface area contributed by atoms with E-state index in [2.05, 4.69) is 37.8 Å². The summed E-state index contributed by atoms with van der Waals surface area (Å²) in [6.45, 7) is 7.65. The molecule has 0 aromatic carbocycles. The Hall–Kier alpha value is -1.26. The van der Waals surface area contributed by atoms with Gasteiger partial charge in [-0.25, -0.2) is 13.1 Å². The molecular weight excluding hydrogens is 358 g/mol. The second-order valence-corrected chi connectivity index (χ2v) is 9.17. The van der Waals surface area contributed by atoms with Crippen molar-refractivity contribution >= 4 is 21.4 Å². The van der Waals surface area contributed by atoms with Crippen molar-refractivity contribution in [2.45, 2.75) is 24.8 Å². The number of H-pyrrole nitrogens is 1. The minimum absolute atomic E-state index is 0.0518. The minimum atomic E-state index is -3.59. The van der Waals surface area contributed by atoms with Crippen LogP contribution in [0.25, 0.3) is 0 Å². The van der Waals surface area contributed by atoms with Gasteiger partial charge in [-0.2, -0.15) is 5.10 Å². The van der Waals surface area contributed by atoms with E-state index in [9.17, 15) is 8.42 Å². The van der Waals surface area contributed by atoms with Crippen LogP contribution in [0.2, 0.25) is 0 Å². The zero-order valence-electron chi connectivity index (χ0n) is 14.8. The van der Waals surface area contributed by atoms with Gasteiger partial charge in [-0.1, -0.05) is 6.07 Å². The van der Waals surface area contributed by atoms with Gasteiger partial charge in [-0.15, -0.1) is 11.3 Å². The molecule has 3 heterocycles. The average molecular weight is 384 g/mol. The van der Waals surface area contributed by atoms with Crippen LogP contribution in [0, 0.1) is 13.8 Å². The van der Waals surface area contributed by atoms with Crippen molar-refractivity contribution in [1.82, 2.24) is 24.7 Å². The molecule has 2 N–H and O–H groups in total. The van der Waals surface area contributed by atoms with Crippen LogP contribution in [-0.4, -0.2) is 68.2 Å². The smallest absolute Gasteiger partial charge is 0.244 e. The number of nitrogens with one attached hydrogen (secondary N) is 2. The molecule has 1 saturated heterocycles. The third-order valence-corrected chi connectivity index (χ3v) is 7.31. The van der Waals surface area contributed by atoms with Gasteiger partial charge < -0.3 is 4.90 Å². The number of piperazine rings is 1. The monoisotopic (exact) mass is 383 g/mol. The maximum atomic E-state index is 12.7. The molecule has 1 aliphatic rings. The highest BCUT2D eigenvalue weighted by molar-refractivity contribution is 7.89. The lowest BCUT2D eigenvalue weighted by Gasteiger charge is -2.37. The maximum Gasteiger partial charge on any atom is 0.244 e. The van der Waals surface area contributed by atoms with Gasteiger partial charge in [0, 0.05) is 37.6 Å². The summed E-state index contributed by atoms with van der Waals surface area (Å²) in [5, 5.41) is 8.78. The van der Waals surface area contributed by atoms with E-state index in [1.807, 2.05) is 11.4 Å². The Morgan fingerprint density at radius 1 is 1.32 bits per heavy atom. The van der Waals surface area contributed by atoms with E-state index in [4.69, 9.17) is 0 Å². The van der Waals surface area contributed by atoms with Crippen molar-refractivity contribution in [1.29, 1.82) is 0 Å². The molecular formula is C16H25N5O2S2. The number of thiophene rings is 1. The summed E-state index contributed by atoms with van der Waals surface area (Å²) in [6.07, 6.45) is 0. The second kappa shape index (κ2) is 7.55. The van der Waals surface area contributed by atoms with Gasteiger partial charge in [0.2, 0.25) is 10.0 Å². The Kier molecular flexibility index (Phi) is 5.59. The summed E-state index contributed by atoms with van der Waals surface area (Å²) in [6, 6.07) is 4.15. The first-order valence-electron chi connectivity index (χ1n) is 8.35. The molecule has 2 aromatic heterocycles. The molecule has 0 saturated carbocycles. The highest BCUT2D eigenvalue weighted by Gasteiger charge is 2.28. The SMILES string of the molecule is Cc1n[nH]c(C)c1S(=O)(=O)NCC(c1cccs1)N1CCN(C)CC1. The summed E-state index contributed by atoms with van der Waals surface area (Å²) < 4.78 is 28.3. The first-order chi connectivity index (χ1) is 11.9. The Morgan fingerprint density at radius 3 is 2.60 bits per heavy atom. The quantitative estimate of drug-likeness (QED) is 0.787. The Morgan fingerprint density at radius 2 is 2.04 bits per heavy atom. The van der Waals surface area contributed by atoms with E-state index in [0.717, 1.165) is 26.2 Å². The number of hydrogen-bond donors (Lipinski definition) is 2. The summed E-state index contributed by atoms with van der Waals surface area (Å²) in [7, 11) is -1.47. The van der Waals surface area contributed by atoms with Crippen LogP contribution in [0.5, 0.6) is 0 Å². The molecule has 0 aliphatic carbocycles. The molecule has 25 heavy (non-hydrogen) atoms. The number of rotatable bonds is 6. The van der Waals surface area contributed by atoms with Crippen molar-refractivity contribution in [3.05, 3.63) is 33.8 Å². The average Bonchev–Trinajstić information content (AvgIpc) is 3.19. The molecule has 0 amide bonds. The van der Waals surface area contributed by atoms with Crippen molar-refractivity contribution in [3.8, 4) is 0 Å². The maximum absolute atomic E-state index is 12.7. The normalized spacial score (nSPS) is 18.5. The number of hydrogen-bond acceptors (Lipinski definition) is 6. The fourth-order valence-electron chi connectivity index (χ4n) is 3.22. The van der Waals surface area contributed by atoms with Crippen molar-refractivity contribution in [2.75, 3.05) is 39.8 Å². The van der Waals surface area contributed by atoms with Gasteiger partial charge in [0.1, 0.15) is 4.90 Å². The van der Waals surface area contributed by atoms with E-state index in [0.29, 0.717) is 17.9 Å². The molecule has 1 atom stereocenters. The van der Waals surface area contributed by atoms with Gasteiger partial charge in [-0.3, -0.25) is 10.00 Å². The molecule has 7 nitrogen and oxygen atoms in total. The Bertz CT molecular complexity index is 773. The van der Waals surface area contributed by atoms with Gasteiger partial charge >= 0.3 is 0 Å². The molecule has 3 rings (SSSR count). The van der Waals surface area contributed by atoms with E-state index < -0.39 is 10.0 Å². The fraction of sp³-hybridized carbons (Fsp3) is 0.562. The predicted octanol–water partition coefficient (Wildman–Crippen LogP) is 1.36. The Labute approximate surface area is 153 Å². The number of aromatic amines is 1. The van der Waals surface area contributed by atoms with Gasteiger partial charge in [-0.05, 0) is 32.3 Å². The standard InChI is InChI=1S/C16H25N5O2S2/c1-12-16(13(2)19-18-12)25(22,23)17-11-14(15-5-4-10-24-15)21-8-6-20(3)7-9-21/h4-5,10,14,17H,6-9,11H2,1-3H3,(H,18,19). The molecule has 1 unspecified atom stereocenters. The first kappa shape index (κ1) is 18.5. The predicted molar refractivity (Wildman–Crippen MR) is 99.4 cm³/mol. The largest absolute Gasteiger partial charge is 0.304 e. The number of likely N-dealkylation sites (N-methyl/N-ethyl adjacent to an activating group) is 1. The van der Waals surface area contributed by atoms with Crippen LogP contribution in [-0.2, 0) is 10.0 Å². The van der Waals surface area contributed by atoms with Crippen LogP contribution >= 0.6 is 11.3 Å². The summed E-state index contributed by atoms with van der Waals surface area (Å²) in [5.41, 5.74) is 1.06. The molecule has 9 heteroatoms. The highest BCUT2D eigenvalue weighted by Crippen LogP contribution is 2.26. The fourth-order valence-corrected chi connectivity index (χ4v) is 5.49. The van der Waals surface area contributed by atoms with Gasteiger partial charge in [0.15, 0.2) is 0 Å². The van der Waals surface area contributed by atoms with E-state index in [1.54, 1.807) is 25.2 Å². The number of aryl methyl sites for hydroxylation is 2. The van der Waals surface area contributed by atoms with E-state index in [1.165, 1.54) is 4.88 Å². The van der Waals surface area contributed by atoms with Crippen LogP contribution in [0.3, 0.4) is 0 Å². The lowest BCUT2D eigenvalue weighted by atomic mass is 10.2. The molecule has 0 bridgehead atoms. The summed E-state index contributed by atoms with van der Waals surface area (Å²) in [4.78, 5) is 6.11. The van der Waals surface area contributed by atoms with Crippen LogP contribution in [0.1, 0.15) is 22.3 Å². The van der Waals surface area contributed by atoms with Crippen molar-refractivity contribution in [2.24, 2.45) is 0 Å². The molecule has 0 radical (unpaired) electrons. The summed E-state index contributed by atoms with van der Waals surface area (Å²) in [5.74, 6) is 0. The third-order valence-electron chi connectivity index (χ3n) is 4.65. The van der Waals surface area contributed by atoms with Gasteiger partial charge in [0.05, 0.1) is 17.4 Å². The topological polar surface area (TPSA) is 81.3 Å². The first-order valence-corrected chi connectivity index (χ1v) is 10.7. The van der Waals surface area contributed by atoms with Crippen molar-refractivity contribution in [3.63, 3.8) is 0 Å². The number of aromatic nitrogens is 2. The summed E-state index contributed by atoms with van der Waals surface area (Å²) >= 11 is 1.67. The zero-order valence-corrected chi connectivity index (χ0v) is 16.5. The molecule has 1 aliphatic heterocycles. The van der Waals surface area contributed by atoms with Crippen LogP contribution in [0.4, 0.5) is 0 Å². The van der Waals surface area contributed by atoms with Crippen LogP contribution in [0.15, 0.2) is 22.4 Å². The number of nitrogens with zero attached hydrogens (tertiary/aromatic N) is 3. The van der Waals surface area contributed by atoms with Gasteiger partial charge in [0.25, 0.3) is 0 Å². The molecule has 2 aromatic rings. The highest BCUT2D eigenvalue weighted by atomic mass is 32.2. The molecule has 0 spiro atoms. The third kappa shape index (κ3) is 4.12. The molecule has 1 fully saturated rings.